The molecule has 0 aromatic heterocycles. The van der Waals surface area contributed by atoms with E-state index in [-0.39, 0.29) is 0 Å². The van der Waals surface area contributed by atoms with E-state index in [4.69, 9.17) is 9.47 Å². The Balaban J connectivity index is 2.48. The van der Waals surface area contributed by atoms with Crippen molar-refractivity contribution in [3.05, 3.63) is 35.4 Å². The van der Waals surface area contributed by atoms with Gasteiger partial charge in [-0.05, 0) is 37.8 Å². The number of hydrogen-bond acceptors (Lipinski definition) is 3. The molecule has 130 valence electrons. The molecule has 0 aliphatic rings. The summed E-state index contributed by atoms with van der Waals surface area (Å²) < 4.78 is 10.6. The Morgan fingerprint density at radius 2 is 1.87 bits per heavy atom. The second kappa shape index (κ2) is 12.9. The minimum absolute atomic E-state index is 0.618. The fourth-order valence-electron chi connectivity index (χ4n) is 2.19. The molecule has 1 aromatic carbocycles. The number of unbranched alkanes of at least 4 members (excludes halogenated alkanes) is 1. The average Bonchev–Trinajstić information content (AvgIpc) is 2.57. The Hall–Kier alpha value is -1.59. The lowest BCUT2D eigenvalue weighted by Crippen LogP contribution is -2.37. The molecular weight excluding hydrogens is 290 g/mol. The Morgan fingerprint density at radius 1 is 1.09 bits per heavy atom. The van der Waals surface area contributed by atoms with Crippen LogP contribution in [0, 0.1) is 0 Å². The van der Waals surface area contributed by atoms with Crippen LogP contribution >= 0.6 is 0 Å². The summed E-state index contributed by atoms with van der Waals surface area (Å²) in [5, 5.41) is 6.65. The van der Waals surface area contributed by atoms with Crippen molar-refractivity contribution in [2.75, 3.05) is 33.4 Å². The molecule has 0 aliphatic carbocycles. The van der Waals surface area contributed by atoms with Gasteiger partial charge >= 0.3 is 0 Å². The van der Waals surface area contributed by atoms with Crippen LogP contribution in [0.5, 0.6) is 0 Å². The standard InChI is InChI=1S/C18H31N3O2/c1-4-19-18(20-12-8-9-13-23-5-2)21-14-16-10-6-7-11-17(16)15-22-3/h6-7,10-11H,4-5,8-9,12-15H2,1-3H3,(H2,19,20,21). The molecule has 0 amide bonds. The van der Waals surface area contributed by atoms with E-state index in [1.807, 2.05) is 19.1 Å². The summed E-state index contributed by atoms with van der Waals surface area (Å²) in [5.41, 5.74) is 2.38. The van der Waals surface area contributed by atoms with Crippen LogP contribution in [0.25, 0.3) is 0 Å². The molecule has 0 radical (unpaired) electrons. The van der Waals surface area contributed by atoms with Crippen LogP contribution in [0.15, 0.2) is 29.3 Å². The lowest BCUT2D eigenvalue weighted by molar-refractivity contribution is 0.143. The van der Waals surface area contributed by atoms with Crippen LogP contribution in [0.1, 0.15) is 37.8 Å². The van der Waals surface area contributed by atoms with Gasteiger partial charge < -0.3 is 20.1 Å². The van der Waals surface area contributed by atoms with Gasteiger partial charge in [0.05, 0.1) is 13.2 Å². The Bertz CT molecular complexity index is 450. The van der Waals surface area contributed by atoms with Crippen molar-refractivity contribution in [1.29, 1.82) is 0 Å². The van der Waals surface area contributed by atoms with Crippen LogP contribution in [0.2, 0.25) is 0 Å². The van der Waals surface area contributed by atoms with Crippen molar-refractivity contribution in [2.24, 2.45) is 4.99 Å². The number of guanidine groups is 1. The highest BCUT2D eigenvalue weighted by Gasteiger charge is 2.02. The van der Waals surface area contributed by atoms with Crippen molar-refractivity contribution in [2.45, 2.75) is 39.8 Å². The van der Waals surface area contributed by atoms with Gasteiger partial charge in [-0.25, -0.2) is 4.99 Å². The molecule has 0 heterocycles. The Labute approximate surface area is 140 Å². The van der Waals surface area contributed by atoms with Crippen LogP contribution in [0.4, 0.5) is 0 Å². The van der Waals surface area contributed by atoms with Crippen LogP contribution < -0.4 is 10.6 Å². The first kappa shape index (κ1) is 19.5. The van der Waals surface area contributed by atoms with E-state index >= 15 is 0 Å². The predicted molar refractivity (Wildman–Crippen MR) is 95.7 cm³/mol. The molecule has 0 saturated carbocycles. The largest absolute Gasteiger partial charge is 0.382 e. The maximum absolute atomic E-state index is 5.34. The normalized spacial score (nSPS) is 11.5. The Morgan fingerprint density at radius 3 is 2.57 bits per heavy atom. The molecule has 0 fully saturated rings. The third-order valence-electron chi connectivity index (χ3n) is 3.38. The zero-order valence-electron chi connectivity index (χ0n) is 14.7. The molecule has 0 atom stereocenters. The molecule has 0 unspecified atom stereocenters. The van der Waals surface area contributed by atoms with Gasteiger partial charge in [0.1, 0.15) is 0 Å². The van der Waals surface area contributed by atoms with Gasteiger partial charge in [0.15, 0.2) is 5.96 Å². The first-order chi connectivity index (χ1) is 11.3. The van der Waals surface area contributed by atoms with E-state index in [1.54, 1.807) is 7.11 Å². The van der Waals surface area contributed by atoms with Gasteiger partial charge in [0.2, 0.25) is 0 Å². The van der Waals surface area contributed by atoms with E-state index in [9.17, 15) is 0 Å². The number of nitrogens with one attached hydrogen (secondary N) is 2. The maximum atomic E-state index is 5.34. The smallest absolute Gasteiger partial charge is 0.191 e. The summed E-state index contributed by atoms with van der Waals surface area (Å²) in [6, 6.07) is 8.26. The van der Waals surface area contributed by atoms with Gasteiger partial charge in [-0.2, -0.15) is 0 Å². The van der Waals surface area contributed by atoms with E-state index in [1.165, 1.54) is 11.1 Å². The lowest BCUT2D eigenvalue weighted by Gasteiger charge is -2.12. The fraction of sp³-hybridized carbons (Fsp3) is 0.611. The molecule has 0 bridgehead atoms. The number of ether oxygens (including phenoxy) is 2. The average molecular weight is 321 g/mol. The highest BCUT2D eigenvalue weighted by atomic mass is 16.5. The lowest BCUT2D eigenvalue weighted by atomic mass is 10.1. The summed E-state index contributed by atoms with van der Waals surface area (Å²) in [6.45, 7) is 8.74. The van der Waals surface area contributed by atoms with Crippen molar-refractivity contribution in [3.63, 3.8) is 0 Å². The zero-order chi connectivity index (χ0) is 16.8. The topological polar surface area (TPSA) is 54.9 Å². The highest BCUT2D eigenvalue weighted by Crippen LogP contribution is 2.11. The first-order valence-corrected chi connectivity index (χ1v) is 8.47. The van der Waals surface area contributed by atoms with Crippen molar-refractivity contribution >= 4 is 5.96 Å². The monoisotopic (exact) mass is 321 g/mol. The summed E-state index contributed by atoms with van der Waals surface area (Å²) in [4.78, 5) is 4.67. The molecule has 1 aromatic rings. The van der Waals surface area contributed by atoms with E-state index < -0.39 is 0 Å². The highest BCUT2D eigenvalue weighted by molar-refractivity contribution is 5.79. The number of aliphatic imine (C=N–C) groups is 1. The number of hydrogen-bond donors (Lipinski definition) is 2. The Kier molecular flexibility index (Phi) is 10.9. The van der Waals surface area contributed by atoms with Crippen molar-refractivity contribution in [3.8, 4) is 0 Å². The van der Waals surface area contributed by atoms with Gasteiger partial charge in [-0.15, -0.1) is 0 Å². The van der Waals surface area contributed by atoms with Gasteiger partial charge in [-0.3, -0.25) is 0 Å². The van der Waals surface area contributed by atoms with Crippen LogP contribution in [-0.2, 0) is 22.6 Å². The molecule has 2 N–H and O–H groups in total. The summed E-state index contributed by atoms with van der Waals surface area (Å²) in [5.74, 6) is 0.858. The number of benzene rings is 1. The third-order valence-corrected chi connectivity index (χ3v) is 3.38. The van der Waals surface area contributed by atoms with E-state index in [2.05, 4.69) is 34.7 Å². The molecule has 23 heavy (non-hydrogen) atoms. The molecule has 5 nitrogen and oxygen atoms in total. The third kappa shape index (κ3) is 8.57. The number of rotatable bonds is 11. The van der Waals surface area contributed by atoms with Crippen LogP contribution in [-0.4, -0.2) is 39.4 Å². The van der Waals surface area contributed by atoms with Gasteiger partial charge in [0, 0.05) is 33.4 Å². The van der Waals surface area contributed by atoms with E-state index in [0.717, 1.165) is 45.1 Å². The fourth-order valence-corrected chi connectivity index (χ4v) is 2.19. The van der Waals surface area contributed by atoms with Crippen molar-refractivity contribution < 1.29 is 9.47 Å². The van der Waals surface area contributed by atoms with Crippen molar-refractivity contribution in [1.82, 2.24) is 10.6 Å². The second-order valence-electron chi connectivity index (χ2n) is 5.23. The summed E-state index contributed by atoms with van der Waals surface area (Å²) in [7, 11) is 1.72. The molecule has 0 saturated heterocycles. The predicted octanol–water partition coefficient (Wildman–Crippen LogP) is 2.70. The SMILES string of the molecule is CCNC(=NCc1ccccc1COC)NCCCCOCC. The van der Waals surface area contributed by atoms with Gasteiger partial charge in [-0.1, -0.05) is 24.3 Å². The molecule has 5 heteroatoms. The molecule has 0 spiro atoms. The van der Waals surface area contributed by atoms with Gasteiger partial charge in [0.25, 0.3) is 0 Å². The summed E-state index contributed by atoms with van der Waals surface area (Å²) in [6.07, 6.45) is 2.14. The first-order valence-electron chi connectivity index (χ1n) is 8.47. The zero-order valence-corrected chi connectivity index (χ0v) is 14.7. The molecular formula is C18H31N3O2. The second-order valence-corrected chi connectivity index (χ2v) is 5.23. The minimum atomic E-state index is 0.618. The molecule has 1 rings (SSSR count). The minimum Gasteiger partial charge on any atom is -0.382 e. The quantitative estimate of drug-likeness (QED) is 0.374. The number of methoxy groups -OCH3 is 1. The molecule has 0 aliphatic heterocycles. The summed E-state index contributed by atoms with van der Waals surface area (Å²) >= 11 is 0. The van der Waals surface area contributed by atoms with E-state index in [0.29, 0.717) is 13.2 Å². The van der Waals surface area contributed by atoms with Crippen LogP contribution in [0.3, 0.4) is 0 Å². The maximum Gasteiger partial charge on any atom is 0.191 e. The number of nitrogens with zero attached hydrogens (tertiary/aromatic N) is 1.